The summed E-state index contributed by atoms with van der Waals surface area (Å²) in [6.07, 6.45) is 0. The lowest BCUT2D eigenvalue weighted by atomic mass is 10.3. The third kappa shape index (κ3) is 1.80. The van der Waals surface area contributed by atoms with E-state index in [9.17, 15) is 0 Å². The average Bonchev–Trinajstić information content (AvgIpc) is 3.12. The smallest absolute Gasteiger partial charge is 0.341 e. The first-order valence-electron chi connectivity index (χ1n) is 6.40. The molecule has 1 aromatic carbocycles. The number of hydrogen-bond acceptors (Lipinski definition) is 6. The van der Waals surface area contributed by atoms with Crippen LogP contribution in [-0.4, -0.2) is 24.8 Å². The molecular weight excluding hydrogens is 270 g/mol. The van der Waals surface area contributed by atoms with Crippen LogP contribution in [0.15, 0.2) is 38.9 Å². The predicted molar refractivity (Wildman–Crippen MR) is 75.0 cm³/mol. The minimum Gasteiger partial charge on any atom is -0.421 e. The van der Waals surface area contributed by atoms with E-state index in [-0.39, 0.29) is 6.01 Å². The SMILES string of the molecule is Cc1[nH]n2c(C)nnc2c1N=Nc1nc2ccccc2o1. The molecule has 0 unspecified atom stereocenters. The zero-order valence-corrected chi connectivity index (χ0v) is 11.4. The van der Waals surface area contributed by atoms with Crippen LogP contribution in [0, 0.1) is 13.8 Å². The highest BCUT2D eigenvalue weighted by Crippen LogP contribution is 2.27. The van der Waals surface area contributed by atoms with Crippen molar-refractivity contribution in [3.63, 3.8) is 0 Å². The third-order valence-electron chi connectivity index (χ3n) is 3.19. The number of rotatable bonds is 2. The summed E-state index contributed by atoms with van der Waals surface area (Å²) >= 11 is 0. The zero-order valence-electron chi connectivity index (χ0n) is 11.4. The normalized spacial score (nSPS) is 12.1. The summed E-state index contributed by atoms with van der Waals surface area (Å²) in [4.78, 5) is 4.25. The van der Waals surface area contributed by atoms with E-state index in [0.717, 1.165) is 17.0 Å². The molecule has 104 valence electrons. The number of aromatic nitrogens is 5. The molecule has 8 heteroatoms. The van der Waals surface area contributed by atoms with Gasteiger partial charge in [-0.05, 0) is 26.0 Å². The number of H-pyrrole nitrogens is 1. The number of nitrogens with one attached hydrogen (secondary N) is 1. The molecule has 0 aliphatic heterocycles. The first-order chi connectivity index (χ1) is 10.2. The van der Waals surface area contributed by atoms with Crippen LogP contribution in [0.2, 0.25) is 0 Å². The van der Waals surface area contributed by atoms with E-state index in [2.05, 4.69) is 30.5 Å². The quantitative estimate of drug-likeness (QED) is 0.570. The Balaban J connectivity index is 1.78. The Bertz CT molecular complexity index is 942. The molecule has 0 bridgehead atoms. The Morgan fingerprint density at radius 2 is 2.00 bits per heavy atom. The Kier molecular flexibility index (Phi) is 2.37. The van der Waals surface area contributed by atoms with Gasteiger partial charge in [0, 0.05) is 0 Å². The third-order valence-corrected chi connectivity index (χ3v) is 3.19. The predicted octanol–water partition coefficient (Wildman–Crippen LogP) is 3.23. The van der Waals surface area contributed by atoms with E-state index in [0.29, 0.717) is 16.9 Å². The number of aromatic amines is 1. The Hall–Kier alpha value is -3.03. The fourth-order valence-electron chi connectivity index (χ4n) is 2.15. The monoisotopic (exact) mass is 281 g/mol. The summed E-state index contributed by atoms with van der Waals surface area (Å²) in [6, 6.07) is 7.69. The fourth-order valence-corrected chi connectivity index (χ4v) is 2.15. The van der Waals surface area contributed by atoms with E-state index < -0.39 is 0 Å². The molecule has 0 atom stereocenters. The highest BCUT2D eigenvalue weighted by Gasteiger charge is 2.13. The van der Waals surface area contributed by atoms with Gasteiger partial charge >= 0.3 is 6.01 Å². The summed E-state index contributed by atoms with van der Waals surface area (Å²) < 4.78 is 7.26. The van der Waals surface area contributed by atoms with Gasteiger partial charge in [-0.3, -0.25) is 5.10 Å². The second-order valence-corrected chi connectivity index (χ2v) is 4.66. The maximum atomic E-state index is 5.50. The maximum absolute atomic E-state index is 5.50. The van der Waals surface area contributed by atoms with Gasteiger partial charge in [0.25, 0.3) is 0 Å². The van der Waals surface area contributed by atoms with Crippen molar-refractivity contribution in [1.82, 2.24) is 24.8 Å². The number of oxazole rings is 1. The summed E-state index contributed by atoms with van der Waals surface area (Å²) in [5.74, 6) is 0.761. The molecule has 4 rings (SSSR count). The van der Waals surface area contributed by atoms with E-state index in [1.54, 1.807) is 4.52 Å². The van der Waals surface area contributed by atoms with Gasteiger partial charge in [0.05, 0.1) is 5.69 Å². The maximum Gasteiger partial charge on any atom is 0.341 e. The van der Waals surface area contributed by atoms with Crippen molar-refractivity contribution in [2.75, 3.05) is 0 Å². The zero-order chi connectivity index (χ0) is 14.4. The Morgan fingerprint density at radius 1 is 1.14 bits per heavy atom. The molecule has 3 aromatic heterocycles. The van der Waals surface area contributed by atoms with E-state index in [1.165, 1.54) is 0 Å². The van der Waals surface area contributed by atoms with E-state index in [4.69, 9.17) is 4.42 Å². The first kappa shape index (κ1) is 11.8. The fraction of sp³-hybridized carbons (Fsp3) is 0.154. The lowest BCUT2D eigenvalue weighted by molar-refractivity contribution is 0.606. The number of fused-ring (bicyclic) bond motifs is 2. The number of hydrogen-bond donors (Lipinski definition) is 1. The van der Waals surface area contributed by atoms with Gasteiger partial charge in [-0.15, -0.1) is 15.3 Å². The second kappa shape index (κ2) is 4.23. The molecule has 0 fully saturated rings. The van der Waals surface area contributed by atoms with Gasteiger partial charge in [-0.2, -0.15) is 4.98 Å². The van der Waals surface area contributed by atoms with Crippen molar-refractivity contribution >= 4 is 28.4 Å². The van der Waals surface area contributed by atoms with Gasteiger partial charge in [0.15, 0.2) is 11.3 Å². The summed E-state index contributed by atoms with van der Waals surface area (Å²) in [6.45, 7) is 3.76. The van der Waals surface area contributed by atoms with Crippen LogP contribution in [-0.2, 0) is 0 Å². The van der Waals surface area contributed by atoms with Gasteiger partial charge in [-0.25, -0.2) is 4.52 Å². The van der Waals surface area contributed by atoms with E-state index >= 15 is 0 Å². The van der Waals surface area contributed by atoms with Gasteiger partial charge < -0.3 is 4.42 Å². The number of azo groups is 1. The Labute approximate surface area is 118 Å². The van der Waals surface area contributed by atoms with Crippen molar-refractivity contribution in [2.45, 2.75) is 13.8 Å². The number of aryl methyl sites for hydroxylation is 2. The minimum atomic E-state index is 0.214. The standard InChI is InChI=1S/C13H11N7O/c1-7-11(12-17-15-8(2)20(12)19-7)16-18-13-14-9-5-3-4-6-10(9)21-13/h3-6,19H,1-2H3. The molecule has 0 saturated heterocycles. The van der Waals surface area contributed by atoms with Crippen molar-refractivity contribution < 1.29 is 4.42 Å². The molecule has 0 spiro atoms. The molecule has 0 saturated carbocycles. The second-order valence-electron chi connectivity index (χ2n) is 4.66. The van der Waals surface area contributed by atoms with Crippen LogP contribution in [0.3, 0.4) is 0 Å². The number of para-hydroxylation sites is 2. The highest BCUT2D eigenvalue weighted by atomic mass is 16.4. The van der Waals surface area contributed by atoms with Crippen LogP contribution in [0.4, 0.5) is 11.7 Å². The van der Waals surface area contributed by atoms with Crippen molar-refractivity contribution in [2.24, 2.45) is 10.2 Å². The van der Waals surface area contributed by atoms with Crippen LogP contribution in [0.5, 0.6) is 0 Å². The molecule has 0 aliphatic rings. The molecule has 0 aliphatic carbocycles. The summed E-state index contributed by atoms with van der Waals surface area (Å²) in [5.41, 5.74) is 3.53. The Morgan fingerprint density at radius 3 is 2.86 bits per heavy atom. The molecule has 4 aromatic rings. The number of nitrogens with zero attached hydrogens (tertiary/aromatic N) is 6. The molecule has 0 radical (unpaired) electrons. The van der Waals surface area contributed by atoms with Gasteiger partial charge in [0.2, 0.25) is 5.65 Å². The van der Waals surface area contributed by atoms with Crippen molar-refractivity contribution in [3.8, 4) is 0 Å². The average molecular weight is 281 g/mol. The van der Waals surface area contributed by atoms with Crippen LogP contribution < -0.4 is 0 Å². The molecule has 0 amide bonds. The van der Waals surface area contributed by atoms with Gasteiger partial charge in [-0.1, -0.05) is 17.2 Å². The highest BCUT2D eigenvalue weighted by molar-refractivity contribution is 5.73. The first-order valence-corrected chi connectivity index (χ1v) is 6.40. The summed E-state index contributed by atoms with van der Waals surface area (Å²) in [5, 5.41) is 19.4. The van der Waals surface area contributed by atoms with Gasteiger partial charge in [0.1, 0.15) is 11.3 Å². The van der Waals surface area contributed by atoms with Crippen LogP contribution >= 0.6 is 0 Å². The molecule has 3 heterocycles. The summed E-state index contributed by atoms with van der Waals surface area (Å²) in [7, 11) is 0. The largest absolute Gasteiger partial charge is 0.421 e. The topological polar surface area (TPSA) is 96.7 Å². The molecule has 8 nitrogen and oxygen atoms in total. The van der Waals surface area contributed by atoms with Crippen LogP contribution in [0.1, 0.15) is 11.5 Å². The molecular formula is C13H11N7O. The van der Waals surface area contributed by atoms with Crippen LogP contribution in [0.25, 0.3) is 16.7 Å². The van der Waals surface area contributed by atoms with E-state index in [1.807, 2.05) is 38.1 Å². The van der Waals surface area contributed by atoms with Crippen molar-refractivity contribution in [3.05, 3.63) is 35.8 Å². The van der Waals surface area contributed by atoms with Crippen molar-refractivity contribution in [1.29, 1.82) is 0 Å². The lowest BCUT2D eigenvalue weighted by Gasteiger charge is -1.86. The molecule has 21 heavy (non-hydrogen) atoms. The lowest BCUT2D eigenvalue weighted by Crippen LogP contribution is -1.87. The minimum absolute atomic E-state index is 0.214. The number of benzene rings is 1. The molecule has 1 N–H and O–H groups in total.